The summed E-state index contributed by atoms with van der Waals surface area (Å²) in [6.45, 7) is 4.49. The van der Waals surface area contributed by atoms with Crippen LogP contribution in [0.3, 0.4) is 0 Å². The van der Waals surface area contributed by atoms with Crippen molar-refractivity contribution in [3.8, 4) is 6.07 Å². The molecule has 134 valence electrons. The second kappa shape index (κ2) is 9.07. The minimum absolute atomic E-state index is 0.0268. The summed E-state index contributed by atoms with van der Waals surface area (Å²) in [6, 6.07) is 6.58. The van der Waals surface area contributed by atoms with Crippen molar-refractivity contribution in [2.75, 3.05) is 17.2 Å². The number of nitrogens with one attached hydrogen (secondary N) is 3. The van der Waals surface area contributed by atoms with Gasteiger partial charge in [0.2, 0.25) is 11.8 Å². The zero-order valence-electron chi connectivity index (χ0n) is 14.9. The molecule has 6 heteroatoms. The van der Waals surface area contributed by atoms with Gasteiger partial charge in [-0.1, -0.05) is 19.8 Å². The molecule has 0 saturated heterocycles. The zero-order valence-corrected chi connectivity index (χ0v) is 14.9. The van der Waals surface area contributed by atoms with E-state index in [0.29, 0.717) is 11.3 Å². The van der Waals surface area contributed by atoms with Crippen LogP contribution in [0.1, 0.15) is 51.5 Å². The highest BCUT2D eigenvalue weighted by atomic mass is 16.2. The van der Waals surface area contributed by atoms with Crippen LogP contribution in [0, 0.1) is 17.2 Å². The topological polar surface area (TPSA) is 94.0 Å². The van der Waals surface area contributed by atoms with Crippen LogP contribution in [0.2, 0.25) is 0 Å². The Bertz CT molecular complexity index is 660. The van der Waals surface area contributed by atoms with Crippen molar-refractivity contribution in [1.82, 2.24) is 5.32 Å². The summed E-state index contributed by atoms with van der Waals surface area (Å²) in [5, 5.41) is 17.9. The molecule has 1 aromatic rings. The molecule has 0 heterocycles. The van der Waals surface area contributed by atoms with Crippen LogP contribution in [0.15, 0.2) is 18.2 Å². The van der Waals surface area contributed by atoms with Gasteiger partial charge in [-0.2, -0.15) is 5.26 Å². The van der Waals surface area contributed by atoms with Crippen LogP contribution < -0.4 is 16.0 Å². The summed E-state index contributed by atoms with van der Waals surface area (Å²) >= 11 is 0. The largest absolute Gasteiger partial charge is 0.383 e. The first kappa shape index (κ1) is 18.8. The van der Waals surface area contributed by atoms with Crippen LogP contribution in [-0.2, 0) is 9.59 Å². The van der Waals surface area contributed by atoms with E-state index >= 15 is 0 Å². The third kappa shape index (κ3) is 5.21. The molecule has 3 N–H and O–H groups in total. The lowest BCUT2D eigenvalue weighted by atomic mass is 10.1. The van der Waals surface area contributed by atoms with E-state index in [9.17, 15) is 9.59 Å². The molecule has 1 aliphatic carbocycles. The molecule has 0 radical (unpaired) electrons. The quantitative estimate of drug-likeness (QED) is 0.710. The fraction of sp³-hybridized carbons (Fsp3) is 0.526. The van der Waals surface area contributed by atoms with E-state index in [-0.39, 0.29) is 17.7 Å². The zero-order chi connectivity index (χ0) is 18.2. The summed E-state index contributed by atoms with van der Waals surface area (Å²) in [7, 11) is 0. The number of hydrogen-bond donors (Lipinski definition) is 3. The van der Waals surface area contributed by atoms with E-state index in [1.165, 1.54) is 0 Å². The molecule has 0 spiro atoms. The van der Waals surface area contributed by atoms with Crippen LogP contribution in [0.5, 0.6) is 0 Å². The summed E-state index contributed by atoms with van der Waals surface area (Å²) < 4.78 is 0. The highest BCUT2D eigenvalue weighted by Gasteiger charge is 2.25. The molecule has 25 heavy (non-hydrogen) atoms. The van der Waals surface area contributed by atoms with E-state index < -0.39 is 6.04 Å². The van der Waals surface area contributed by atoms with Gasteiger partial charge in [0.05, 0.1) is 23.0 Å². The van der Waals surface area contributed by atoms with Gasteiger partial charge in [0, 0.05) is 12.5 Å². The van der Waals surface area contributed by atoms with Gasteiger partial charge in [-0.3, -0.25) is 9.59 Å². The number of hydrogen-bond acceptors (Lipinski definition) is 4. The number of nitriles is 1. The molecule has 1 aliphatic rings. The first-order valence-corrected chi connectivity index (χ1v) is 8.94. The third-order valence-corrected chi connectivity index (χ3v) is 4.45. The van der Waals surface area contributed by atoms with Crippen molar-refractivity contribution in [1.29, 1.82) is 5.26 Å². The fourth-order valence-corrected chi connectivity index (χ4v) is 2.96. The highest BCUT2D eigenvalue weighted by Crippen LogP contribution is 2.25. The van der Waals surface area contributed by atoms with E-state index in [0.717, 1.165) is 44.3 Å². The predicted molar refractivity (Wildman–Crippen MR) is 98.1 cm³/mol. The first-order valence-electron chi connectivity index (χ1n) is 8.94. The molecular formula is C19H26N4O2. The van der Waals surface area contributed by atoms with Gasteiger partial charge in [0.15, 0.2) is 0 Å². The molecular weight excluding hydrogens is 316 g/mol. The van der Waals surface area contributed by atoms with E-state index in [2.05, 4.69) is 28.9 Å². The van der Waals surface area contributed by atoms with E-state index in [1.807, 2.05) is 0 Å². The number of nitrogens with zero attached hydrogens (tertiary/aromatic N) is 1. The number of amides is 2. The molecule has 2 amide bonds. The lowest BCUT2D eigenvalue weighted by molar-refractivity contribution is -0.128. The third-order valence-electron chi connectivity index (χ3n) is 4.45. The lowest BCUT2D eigenvalue weighted by Gasteiger charge is -2.18. The van der Waals surface area contributed by atoms with Crippen LogP contribution in [0.4, 0.5) is 11.4 Å². The van der Waals surface area contributed by atoms with E-state index in [4.69, 9.17) is 5.26 Å². The monoisotopic (exact) mass is 342 g/mol. The fourth-order valence-electron chi connectivity index (χ4n) is 2.96. The normalized spacial score (nSPS) is 15.2. The predicted octanol–water partition coefficient (Wildman–Crippen LogP) is 3.01. The molecule has 6 nitrogen and oxygen atoms in total. The Balaban J connectivity index is 2.02. The Morgan fingerprint density at radius 3 is 2.64 bits per heavy atom. The summed E-state index contributed by atoms with van der Waals surface area (Å²) in [5.41, 5.74) is 1.79. The number of benzene rings is 1. The number of carbonyl (C=O) groups is 2. The van der Waals surface area contributed by atoms with Crippen molar-refractivity contribution in [3.05, 3.63) is 23.8 Å². The van der Waals surface area contributed by atoms with Crippen LogP contribution in [0.25, 0.3) is 0 Å². The molecule has 0 bridgehead atoms. The van der Waals surface area contributed by atoms with Crippen molar-refractivity contribution >= 4 is 23.2 Å². The van der Waals surface area contributed by atoms with Gasteiger partial charge in [-0.05, 0) is 44.4 Å². The van der Waals surface area contributed by atoms with Gasteiger partial charge in [-0.25, -0.2) is 0 Å². The molecule has 1 saturated carbocycles. The summed E-state index contributed by atoms with van der Waals surface area (Å²) in [5.74, 6) is -0.310. The minimum Gasteiger partial charge on any atom is -0.383 e. The number of carbonyl (C=O) groups excluding carboxylic acids is 2. The minimum atomic E-state index is -0.627. The Hall–Kier alpha value is -2.55. The second-order valence-corrected chi connectivity index (χ2v) is 6.50. The standard InChI is InChI=1S/C19H26N4O2/c1-3-10-21-16-9-8-14(12-20)11-17(16)23-18(24)13(2)22-19(25)15-6-4-5-7-15/h8-9,11,13,15,21H,3-7,10H2,1-2H3,(H,22,25)(H,23,24)/t13-/m0/s1. The Morgan fingerprint density at radius 2 is 2.00 bits per heavy atom. The van der Waals surface area contributed by atoms with Gasteiger partial charge in [-0.15, -0.1) is 0 Å². The molecule has 1 fully saturated rings. The summed E-state index contributed by atoms with van der Waals surface area (Å²) in [4.78, 5) is 24.6. The molecule has 2 rings (SSSR count). The van der Waals surface area contributed by atoms with Gasteiger partial charge >= 0.3 is 0 Å². The number of rotatable bonds is 7. The van der Waals surface area contributed by atoms with Gasteiger partial charge in [0.1, 0.15) is 6.04 Å². The van der Waals surface area contributed by atoms with Crippen molar-refractivity contribution in [2.45, 2.75) is 52.0 Å². The average molecular weight is 342 g/mol. The Kier molecular flexibility index (Phi) is 6.81. The summed E-state index contributed by atoms with van der Waals surface area (Å²) in [6.07, 6.45) is 4.89. The van der Waals surface area contributed by atoms with Crippen LogP contribution >= 0.6 is 0 Å². The molecule has 0 unspecified atom stereocenters. The number of anilines is 2. The average Bonchev–Trinajstić information content (AvgIpc) is 3.15. The van der Waals surface area contributed by atoms with Crippen molar-refractivity contribution in [3.63, 3.8) is 0 Å². The highest BCUT2D eigenvalue weighted by molar-refractivity contribution is 5.99. The van der Waals surface area contributed by atoms with Crippen LogP contribution in [-0.4, -0.2) is 24.4 Å². The molecule has 1 aromatic carbocycles. The lowest BCUT2D eigenvalue weighted by Crippen LogP contribution is -2.43. The van der Waals surface area contributed by atoms with Gasteiger partial charge in [0.25, 0.3) is 0 Å². The Labute approximate surface area is 149 Å². The maximum absolute atomic E-state index is 12.5. The molecule has 1 atom stereocenters. The van der Waals surface area contributed by atoms with Gasteiger partial charge < -0.3 is 16.0 Å². The molecule has 0 aliphatic heterocycles. The maximum Gasteiger partial charge on any atom is 0.246 e. The second-order valence-electron chi connectivity index (χ2n) is 6.50. The smallest absolute Gasteiger partial charge is 0.246 e. The Morgan fingerprint density at radius 1 is 1.28 bits per heavy atom. The maximum atomic E-state index is 12.5. The molecule has 0 aromatic heterocycles. The van der Waals surface area contributed by atoms with Crippen molar-refractivity contribution in [2.24, 2.45) is 5.92 Å². The SMILES string of the molecule is CCCNc1ccc(C#N)cc1NC(=O)[C@H](C)NC(=O)C1CCCC1. The van der Waals surface area contributed by atoms with E-state index in [1.54, 1.807) is 25.1 Å². The van der Waals surface area contributed by atoms with Crippen molar-refractivity contribution < 1.29 is 9.59 Å². The first-order chi connectivity index (χ1) is 12.0.